The molecule has 0 N–H and O–H groups in total. The maximum atomic E-state index is 10.5. The molecule has 0 radical (unpaired) electrons. The molecule has 0 amide bonds. The van der Waals surface area contributed by atoms with Crippen LogP contribution in [0.5, 0.6) is 0 Å². The van der Waals surface area contributed by atoms with Crippen LogP contribution in [0.1, 0.15) is 20.3 Å². The van der Waals surface area contributed by atoms with Crippen LogP contribution in [0.3, 0.4) is 0 Å². The van der Waals surface area contributed by atoms with E-state index in [0.29, 0.717) is 0 Å². The fraction of sp³-hybridized carbons (Fsp3) is 0.625. The Morgan fingerprint density at radius 2 is 2.36 bits per heavy atom. The predicted molar refractivity (Wildman–Crippen MR) is 42.9 cm³/mol. The summed E-state index contributed by atoms with van der Waals surface area (Å²) in [7, 11) is 0. The highest BCUT2D eigenvalue weighted by Gasteiger charge is 2.29. The smallest absolute Gasteiger partial charge is 0.309 e. The predicted octanol–water partition coefficient (Wildman–Crippen LogP) is -0.962. The molecular weight excluding hydrogens is 190 g/mol. The van der Waals surface area contributed by atoms with Crippen LogP contribution in [0.2, 0.25) is 0 Å². The van der Waals surface area contributed by atoms with E-state index in [1.54, 1.807) is 0 Å². The first-order valence-electron chi connectivity index (χ1n) is 4.12. The largest absolute Gasteiger partial charge is 0.550 e. The van der Waals surface area contributed by atoms with E-state index >= 15 is 0 Å². The van der Waals surface area contributed by atoms with Crippen LogP contribution in [-0.4, -0.2) is 23.9 Å². The molecule has 6 heteroatoms. The lowest BCUT2D eigenvalue weighted by Gasteiger charge is -2.17. The van der Waals surface area contributed by atoms with Gasteiger partial charge < -0.3 is 19.5 Å². The average Bonchev–Trinajstić information content (AvgIpc) is 2.50. The van der Waals surface area contributed by atoms with Crippen LogP contribution >= 0.6 is 0 Å². The highest BCUT2D eigenvalue weighted by Crippen LogP contribution is 2.18. The number of nitrogens with zero attached hydrogens (tertiary/aromatic N) is 1. The van der Waals surface area contributed by atoms with E-state index in [9.17, 15) is 14.7 Å². The number of carboxylic acid groups (broad SMARTS) is 1. The van der Waals surface area contributed by atoms with Crippen LogP contribution in [0.4, 0.5) is 0 Å². The zero-order chi connectivity index (χ0) is 10.7. The number of oxime groups is 1. The fourth-order valence-electron chi connectivity index (χ4n) is 1.02. The van der Waals surface area contributed by atoms with E-state index in [1.807, 2.05) is 0 Å². The summed E-state index contributed by atoms with van der Waals surface area (Å²) in [5.41, 5.74) is 0. The molecule has 0 saturated carbocycles. The maximum absolute atomic E-state index is 10.5. The first-order chi connectivity index (χ1) is 6.50. The summed E-state index contributed by atoms with van der Waals surface area (Å²) >= 11 is 0. The Hall–Kier alpha value is -1.59. The van der Waals surface area contributed by atoms with Crippen LogP contribution in [0, 0.1) is 5.92 Å². The zero-order valence-electron chi connectivity index (χ0n) is 7.85. The highest BCUT2D eigenvalue weighted by atomic mass is 16.7. The maximum Gasteiger partial charge on any atom is 0.309 e. The molecule has 0 aromatic carbocycles. The third-order valence-electron chi connectivity index (χ3n) is 1.86. The third-order valence-corrected chi connectivity index (χ3v) is 1.86. The number of hydrogen-bond acceptors (Lipinski definition) is 6. The van der Waals surface area contributed by atoms with E-state index in [0.717, 1.165) is 0 Å². The number of carbonyl (C=O) groups excluding carboxylic acids is 2. The normalized spacial score (nSPS) is 22.1. The minimum atomic E-state index is -1.21. The van der Waals surface area contributed by atoms with E-state index in [4.69, 9.17) is 4.84 Å². The van der Waals surface area contributed by atoms with Crippen LogP contribution in [-0.2, 0) is 19.2 Å². The zero-order valence-corrected chi connectivity index (χ0v) is 7.85. The van der Waals surface area contributed by atoms with Crippen LogP contribution in [0.15, 0.2) is 5.16 Å². The Morgan fingerprint density at radius 3 is 2.86 bits per heavy atom. The lowest BCUT2D eigenvalue weighted by molar-refractivity contribution is -0.313. The van der Waals surface area contributed by atoms with Gasteiger partial charge in [-0.25, -0.2) is 0 Å². The van der Waals surface area contributed by atoms with Crippen molar-refractivity contribution in [3.63, 3.8) is 0 Å². The summed E-state index contributed by atoms with van der Waals surface area (Å²) in [6.45, 7) is 2.68. The van der Waals surface area contributed by atoms with E-state index in [1.165, 1.54) is 13.8 Å². The lowest BCUT2D eigenvalue weighted by Crippen LogP contribution is -2.37. The van der Waals surface area contributed by atoms with Crippen LogP contribution < -0.4 is 5.11 Å². The molecule has 14 heavy (non-hydrogen) atoms. The van der Waals surface area contributed by atoms with Crippen molar-refractivity contribution < 1.29 is 24.3 Å². The second-order valence-corrected chi connectivity index (χ2v) is 3.03. The molecule has 0 saturated heterocycles. The minimum Gasteiger partial charge on any atom is -0.550 e. The van der Waals surface area contributed by atoms with Gasteiger partial charge in [0.2, 0.25) is 5.90 Å². The Kier molecular flexibility index (Phi) is 3.06. The Morgan fingerprint density at radius 1 is 1.71 bits per heavy atom. The first-order valence-corrected chi connectivity index (χ1v) is 4.12. The highest BCUT2D eigenvalue weighted by molar-refractivity contribution is 5.88. The topological polar surface area (TPSA) is 88.0 Å². The molecule has 6 nitrogen and oxygen atoms in total. The van der Waals surface area contributed by atoms with Crippen molar-refractivity contribution in [2.45, 2.75) is 26.4 Å². The van der Waals surface area contributed by atoms with Crippen molar-refractivity contribution in [1.29, 1.82) is 0 Å². The lowest BCUT2D eigenvalue weighted by atomic mass is 10.0. The van der Waals surface area contributed by atoms with Crippen molar-refractivity contribution in [3.8, 4) is 0 Å². The fourth-order valence-corrected chi connectivity index (χ4v) is 1.02. The van der Waals surface area contributed by atoms with Crippen molar-refractivity contribution in [2.75, 3.05) is 0 Å². The molecule has 0 aliphatic carbocycles. The Bertz CT molecular complexity index is 285. The number of aliphatic carboxylic acids is 1. The van der Waals surface area contributed by atoms with Gasteiger partial charge in [-0.05, 0) is 0 Å². The number of carbonyl (C=O) groups is 2. The number of ether oxygens (including phenoxy) is 1. The van der Waals surface area contributed by atoms with Gasteiger partial charge in [-0.3, -0.25) is 4.79 Å². The summed E-state index contributed by atoms with van der Waals surface area (Å²) in [6.07, 6.45) is -0.441. The average molecular weight is 200 g/mol. The van der Waals surface area contributed by atoms with Crippen LogP contribution in [0.25, 0.3) is 0 Å². The van der Waals surface area contributed by atoms with Gasteiger partial charge in [-0.15, -0.1) is 0 Å². The molecule has 0 spiro atoms. The number of esters is 1. The molecule has 0 aromatic rings. The van der Waals surface area contributed by atoms with Crippen molar-refractivity contribution in [2.24, 2.45) is 11.1 Å². The van der Waals surface area contributed by atoms with Gasteiger partial charge in [0.25, 0.3) is 0 Å². The molecule has 1 aliphatic heterocycles. The van der Waals surface area contributed by atoms with Crippen molar-refractivity contribution >= 4 is 17.8 Å². The van der Waals surface area contributed by atoms with Crippen molar-refractivity contribution in [3.05, 3.63) is 0 Å². The first kappa shape index (κ1) is 10.5. The molecule has 2 unspecified atom stereocenters. The van der Waals surface area contributed by atoms with Crippen molar-refractivity contribution in [1.82, 2.24) is 0 Å². The second-order valence-electron chi connectivity index (χ2n) is 3.03. The molecule has 2 atom stereocenters. The molecule has 0 fully saturated rings. The van der Waals surface area contributed by atoms with E-state index in [-0.39, 0.29) is 12.3 Å². The van der Waals surface area contributed by atoms with Gasteiger partial charge in [-0.2, -0.15) is 0 Å². The van der Waals surface area contributed by atoms with E-state index < -0.39 is 24.0 Å². The molecule has 0 aromatic heterocycles. The number of rotatable bonds is 2. The van der Waals surface area contributed by atoms with Gasteiger partial charge in [0.1, 0.15) is 6.10 Å². The molecule has 0 bridgehead atoms. The third kappa shape index (κ3) is 2.45. The monoisotopic (exact) mass is 200 g/mol. The van der Waals surface area contributed by atoms with Gasteiger partial charge in [0.15, 0.2) is 0 Å². The van der Waals surface area contributed by atoms with Gasteiger partial charge in [0.05, 0.1) is 6.42 Å². The number of carboxylic acids is 1. The SMILES string of the molecule is CC(=O)OC1=NOC(C(C)C(=O)[O-])C1. The molecular formula is C8H10NO5-. The Labute approximate surface area is 80.5 Å². The quantitative estimate of drug-likeness (QED) is 0.535. The molecule has 1 rings (SSSR count). The number of hydrogen-bond donors (Lipinski definition) is 0. The summed E-state index contributed by atoms with van der Waals surface area (Å²) in [5.74, 6) is -2.40. The van der Waals surface area contributed by atoms with Gasteiger partial charge in [-0.1, -0.05) is 12.1 Å². The standard InChI is InChI=1S/C8H11NO5/c1-4(8(11)12)6-3-7(9-14-6)13-5(2)10/h4,6H,3H2,1-2H3,(H,11,12)/p-1. The summed E-state index contributed by atoms with van der Waals surface area (Å²) in [4.78, 5) is 25.8. The minimum absolute atomic E-state index is 0.107. The molecule has 78 valence electrons. The Balaban J connectivity index is 2.46. The summed E-state index contributed by atoms with van der Waals surface area (Å²) in [6, 6.07) is 0. The molecule has 1 aliphatic rings. The second kappa shape index (κ2) is 4.08. The summed E-state index contributed by atoms with van der Waals surface area (Å²) < 4.78 is 4.64. The van der Waals surface area contributed by atoms with Gasteiger partial charge >= 0.3 is 5.97 Å². The van der Waals surface area contributed by atoms with Gasteiger partial charge in [0, 0.05) is 18.8 Å². The van der Waals surface area contributed by atoms with E-state index in [2.05, 4.69) is 9.89 Å². The summed E-state index contributed by atoms with van der Waals surface area (Å²) in [5, 5.41) is 13.9. The molecule has 1 heterocycles.